The third kappa shape index (κ3) is 3.29. The molecule has 0 bridgehead atoms. The Labute approximate surface area is 117 Å². The second kappa shape index (κ2) is 5.79. The third-order valence-electron chi connectivity index (χ3n) is 2.35. The van der Waals surface area contributed by atoms with E-state index < -0.39 is 17.3 Å². The first-order chi connectivity index (χ1) is 9.08. The van der Waals surface area contributed by atoms with Crippen molar-refractivity contribution in [3.63, 3.8) is 0 Å². The van der Waals surface area contributed by atoms with Gasteiger partial charge in [0.05, 0.1) is 0 Å². The van der Waals surface area contributed by atoms with E-state index in [0.717, 1.165) is 16.1 Å². The van der Waals surface area contributed by atoms with Gasteiger partial charge in [-0.2, -0.15) is 0 Å². The summed E-state index contributed by atoms with van der Waals surface area (Å²) in [5, 5.41) is 8.78. The molecule has 0 aliphatic heterocycles. The van der Waals surface area contributed by atoms with Crippen molar-refractivity contribution in [2.45, 2.75) is 6.61 Å². The van der Waals surface area contributed by atoms with Gasteiger partial charge in [-0.15, -0.1) is 0 Å². The first-order valence-corrected chi connectivity index (χ1v) is 6.12. The fourth-order valence-corrected chi connectivity index (χ4v) is 1.92. The summed E-state index contributed by atoms with van der Waals surface area (Å²) in [5.74, 6) is -2.64. The molecule has 1 N–H and O–H groups in total. The van der Waals surface area contributed by atoms with Crippen LogP contribution in [0.4, 0.5) is 4.39 Å². The summed E-state index contributed by atoms with van der Waals surface area (Å²) < 4.78 is 19.8. The molecule has 0 saturated carbocycles. The predicted molar refractivity (Wildman–Crippen MR) is 69.6 cm³/mol. The van der Waals surface area contributed by atoms with E-state index in [0.29, 0.717) is 0 Å². The highest BCUT2D eigenvalue weighted by molar-refractivity contribution is 9.10. The number of nitrogens with zero attached hydrogens (tertiary/aromatic N) is 1. The number of carboxylic acids is 1. The molecule has 0 unspecified atom stereocenters. The molecule has 4 nitrogen and oxygen atoms in total. The van der Waals surface area contributed by atoms with Crippen LogP contribution in [0.3, 0.4) is 0 Å². The Morgan fingerprint density at radius 1 is 1.42 bits per heavy atom. The summed E-state index contributed by atoms with van der Waals surface area (Å²) in [6.07, 6.45) is 1.20. The zero-order valence-electron chi connectivity index (χ0n) is 9.64. The molecular weight excluding hydrogens is 317 g/mol. The summed E-state index contributed by atoms with van der Waals surface area (Å²) in [6, 6.07) is 8.39. The van der Waals surface area contributed by atoms with Gasteiger partial charge in [0.25, 0.3) is 5.88 Å². The van der Waals surface area contributed by atoms with Crippen LogP contribution in [-0.2, 0) is 6.61 Å². The number of hydrogen-bond acceptors (Lipinski definition) is 3. The Morgan fingerprint density at radius 2 is 2.21 bits per heavy atom. The molecule has 6 heteroatoms. The van der Waals surface area contributed by atoms with E-state index in [-0.39, 0.29) is 12.5 Å². The van der Waals surface area contributed by atoms with Gasteiger partial charge < -0.3 is 9.84 Å². The highest BCUT2D eigenvalue weighted by Gasteiger charge is 2.16. The van der Waals surface area contributed by atoms with Crippen molar-refractivity contribution in [3.05, 3.63) is 57.9 Å². The van der Waals surface area contributed by atoms with Crippen LogP contribution >= 0.6 is 15.9 Å². The van der Waals surface area contributed by atoms with Crippen molar-refractivity contribution in [3.8, 4) is 5.88 Å². The predicted octanol–water partition coefficient (Wildman–Crippen LogP) is 3.26. The Morgan fingerprint density at radius 3 is 2.89 bits per heavy atom. The number of hydrogen-bond donors (Lipinski definition) is 1. The molecule has 1 aromatic heterocycles. The van der Waals surface area contributed by atoms with E-state index in [1.807, 2.05) is 24.3 Å². The minimum Gasteiger partial charge on any atom is -0.478 e. The molecule has 0 fully saturated rings. The van der Waals surface area contributed by atoms with Crippen LogP contribution in [0.5, 0.6) is 5.88 Å². The number of carboxylic acid groups (broad SMARTS) is 1. The summed E-state index contributed by atoms with van der Waals surface area (Å²) in [5.41, 5.74) is 0.357. The zero-order valence-corrected chi connectivity index (χ0v) is 11.2. The molecule has 1 aromatic carbocycles. The molecule has 19 heavy (non-hydrogen) atoms. The van der Waals surface area contributed by atoms with E-state index >= 15 is 0 Å². The number of halogens is 2. The lowest BCUT2D eigenvalue weighted by Gasteiger charge is -2.07. The highest BCUT2D eigenvalue weighted by Crippen LogP contribution is 2.19. The molecule has 0 amide bonds. The minimum absolute atomic E-state index is 0.104. The van der Waals surface area contributed by atoms with E-state index in [9.17, 15) is 9.18 Å². The molecule has 0 saturated heterocycles. The van der Waals surface area contributed by atoms with Gasteiger partial charge in [0.1, 0.15) is 12.2 Å². The molecule has 0 radical (unpaired) electrons. The first-order valence-electron chi connectivity index (χ1n) is 5.33. The maximum Gasteiger partial charge on any atom is 0.338 e. The summed E-state index contributed by atoms with van der Waals surface area (Å²) in [6.45, 7) is 0.104. The zero-order chi connectivity index (χ0) is 13.8. The first kappa shape index (κ1) is 13.5. The third-order valence-corrected chi connectivity index (χ3v) is 2.85. The van der Waals surface area contributed by atoms with Crippen molar-refractivity contribution >= 4 is 21.9 Å². The Hall–Kier alpha value is -1.95. The quantitative estimate of drug-likeness (QED) is 0.937. The van der Waals surface area contributed by atoms with E-state index in [1.165, 1.54) is 6.20 Å². The van der Waals surface area contributed by atoms with Gasteiger partial charge in [0, 0.05) is 10.7 Å². The SMILES string of the molecule is O=C(O)c1ccnc(OCc2cccc(Br)c2)c1F. The van der Waals surface area contributed by atoms with Crippen LogP contribution in [0.25, 0.3) is 0 Å². The van der Waals surface area contributed by atoms with E-state index in [4.69, 9.17) is 9.84 Å². The minimum atomic E-state index is -1.35. The summed E-state index contributed by atoms with van der Waals surface area (Å²) in [4.78, 5) is 14.4. The number of benzene rings is 1. The van der Waals surface area contributed by atoms with Gasteiger partial charge in [-0.1, -0.05) is 28.1 Å². The molecule has 2 rings (SSSR count). The molecule has 0 spiro atoms. The van der Waals surface area contributed by atoms with Gasteiger partial charge in [0.15, 0.2) is 5.82 Å². The van der Waals surface area contributed by atoms with Gasteiger partial charge in [0.2, 0.25) is 0 Å². The second-order valence-corrected chi connectivity index (χ2v) is 4.62. The second-order valence-electron chi connectivity index (χ2n) is 3.70. The monoisotopic (exact) mass is 325 g/mol. The van der Waals surface area contributed by atoms with E-state index in [2.05, 4.69) is 20.9 Å². The molecule has 0 atom stereocenters. The average molecular weight is 326 g/mol. The van der Waals surface area contributed by atoms with Crippen LogP contribution in [0.15, 0.2) is 41.0 Å². The van der Waals surface area contributed by atoms with Crippen LogP contribution in [0.2, 0.25) is 0 Å². The maximum atomic E-state index is 13.7. The normalized spacial score (nSPS) is 10.2. The standard InChI is InChI=1S/C13H9BrFNO3/c14-9-3-1-2-8(6-9)7-19-12-11(15)10(13(17)18)4-5-16-12/h1-6H,7H2,(H,17,18). The van der Waals surface area contributed by atoms with Crippen LogP contribution in [0.1, 0.15) is 15.9 Å². The van der Waals surface area contributed by atoms with Crippen molar-refractivity contribution in [1.29, 1.82) is 0 Å². The fraction of sp³-hybridized carbons (Fsp3) is 0.0769. The summed E-state index contributed by atoms with van der Waals surface area (Å²) >= 11 is 3.31. The average Bonchev–Trinajstić information content (AvgIpc) is 2.37. The molecule has 2 aromatic rings. The van der Waals surface area contributed by atoms with Gasteiger partial charge in [-0.25, -0.2) is 14.2 Å². The molecule has 0 aliphatic carbocycles. The number of rotatable bonds is 4. The van der Waals surface area contributed by atoms with Crippen molar-refractivity contribution in [2.75, 3.05) is 0 Å². The van der Waals surface area contributed by atoms with Crippen molar-refractivity contribution in [1.82, 2.24) is 4.98 Å². The Kier molecular flexibility index (Phi) is 4.11. The lowest BCUT2D eigenvalue weighted by Crippen LogP contribution is -2.05. The molecule has 98 valence electrons. The molecule has 0 aliphatic rings. The number of pyridine rings is 1. The summed E-state index contributed by atoms with van der Waals surface area (Å²) in [7, 11) is 0. The maximum absolute atomic E-state index is 13.7. The smallest absolute Gasteiger partial charge is 0.338 e. The van der Waals surface area contributed by atoms with Crippen LogP contribution in [-0.4, -0.2) is 16.1 Å². The highest BCUT2D eigenvalue weighted by atomic mass is 79.9. The lowest BCUT2D eigenvalue weighted by molar-refractivity contribution is 0.0690. The number of ether oxygens (including phenoxy) is 1. The van der Waals surface area contributed by atoms with Gasteiger partial charge >= 0.3 is 5.97 Å². The number of carbonyl (C=O) groups is 1. The topological polar surface area (TPSA) is 59.4 Å². The fourth-order valence-electron chi connectivity index (χ4n) is 1.47. The van der Waals surface area contributed by atoms with Crippen molar-refractivity contribution < 1.29 is 19.0 Å². The largest absolute Gasteiger partial charge is 0.478 e. The van der Waals surface area contributed by atoms with Crippen LogP contribution in [0, 0.1) is 5.82 Å². The number of aromatic carboxylic acids is 1. The van der Waals surface area contributed by atoms with E-state index in [1.54, 1.807) is 0 Å². The van der Waals surface area contributed by atoms with Crippen molar-refractivity contribution in [2.24, 2.45) is 0 Å². The van der Waals surface area contributed by atoms with Gasteiger partial charge in [-0.3, -0.25) is 0 Å². The number of aromatic nitrogens is 1. The van der Waals surface area contributed by atoms with Gasteiger partial charge in [-0.05, 0) is 23.8 Å². The molecule has 1 heterocycles. The Balaban J connectivity index is 2.16. The van der Waals surface area contributed by atoms with Crippen LogP contribution < -0.4 is 4.74 Å². The Bertz CT molecular complexity index is 619. The lowest BCUT2D eigenvalue weighted by atomic mass is 10.2. The molecular formula is C13H9BrFNO3.